The predicted octanol–water partition coefficient (Wildman–Crippen LogP) is 1.59. The van der Waals surface area contributed by atoms with Crippen LogP contribution < -0.4 is 11.1 Å². The topological polar surface area (TPSA) is 80.9 Å². The molecule has 18 heavy (non-hydrogen) atoms. The predicted molar refractivity (Wildman–Crippen MR) is 60.8 cm³/mol. The van der Waals surface area contributed by atoms with E-state index in [1.165, 1.54) is 12.3 Å². The zero-order valence-corrected chi connectivity index (χ0v) is 9.02. The lowest BCUT2D eigenvalue weighted by molar-refractivity contribution is 0.102. The summed E-state index contributed by atoms with van der Waals surface area (Å²) in [6.07, 6.45) is 1.42. The van der Waals surface area contributed by atoms with Gasteiger partial charge in [-0.3, -0.25) is 4.79 Å². The lowest BCUT2D eigenvalue weighted by Gasteiger charge is -2.06. The number of carbonyl (C=O) groups is 1. The van der Waals surface area contributed by atoms with Crippen LogP contribution in [-0.2, 0) is 0 Å². The summed E-state index contributed by atoms with van der Waals surface area (Å²) < 4.78 is 26.3. The van der Waals surface area contributed by atoms with Gasteiger partial charge in [-0.2, -0.15) is 5.10 Å². The Hall–Kier alpha value is -2.57. The van der Waals surface area contributed by atoms with Crippen LogP contribution in [0.1, 0.15) is 10.4 Å². The minimum absolute atomic E-state index is 0.157. The van der Waals surface area contributed by atoms with Crippen molar-refractivity contribution in [1.82, 2.24) is 10.2 Å². The van der Waals surface area contributed by atoms with Crippen LogP contribution in [0.5, 0.6) is 0 Å². The van der Waals surface area contributed by atoms with Gasteiger partial charge in [-0.1, -0.05) is 0 Å². The average molecular weight is 250 g/mol. The van der Waals surface area contributed by atoms with Crippen LogP contribution in [0.2, 0.25) is 0 Å². The molecular formula is C11H8F2N4O. The standard InChI is InChI=1S/C11H8F2N4O/c12-7-5-8(13)9(14)4-6(7)11(18)16-10-2-1-3-15-17-10/h1-5H,14H2,(H,16,17,18). The Labute approximate surface area is 101 Å². The van der Waals surface area contributed by atoms with E-state index in [9.17, 15) is 13.6 Å². The molecule has 2 aromatic rings. The van der Waals surface area contributed by atoms with Gasteiger partial charge >= 0.3 is 0 Å². The third kappa shape index (κ3) is 2.40. The Morgan fingerprint density at radius 3 is 2.72 bits per heavy atom. The van der Waals surface area contributed by atoms with Crippen LogP contribution >= 0.6 is 0 Å². The monoisotopic (exact) mass is 250 g/mol. The molecule has 1 aromatic carbocycles. The summed E-state index contributed by atoms with van der Waals surface area (Å²) in [5.41, 5.74) is 4.60. The maximum absolute atomic E-state index is 13.4. The number of nitrogens with one attached hydrogen (secondary N) is 1. The highest BCUT2D eigenvalue weighted by Gasteiger charge is 2.15. The first-order chi connectivity index (χ1) is 8.58. The quantitative estimate of drug-likeness (QED) is 0.793. The van der Waals surface area contributed by atoms with Gasteiger partial charge in [-0.05, 0) is 18.2 Å². The smallest absolute Gasteiger partial charge is 0.259 e. The Kier molecular flexibility index (Phi) is 3.13. The summed E-state index contributed by atoms with van der Waals surface area (Å²) >= 11 is 0. The van der Waals surface area contributed by atoms with Crippen molar-refractivity contribution in [3.63, 3.8) is 0 Å². The minimum Gasteiger partial charge on any atom is -0.396 e. The van der Waals surface area contributed by atoms with Crippen molar-refractivity contribution in [3.8, 4) is 0 Å². The maximum Gasteiger partial charge on any atom is 0.259 e. The number of hydrogen-bond donors (Lipinski definition) is 2. The van der Waals surface area contributed by atoms with E-state index in [2.05, 4.69) is 15.5 Å². The number of amides is 1. The first kappa shape index (κ1) is 11.9. The van der Waals surface area contributed by atoms with Gasteiger partial charge in [0.1, 0.15) is 11.6 Å². The number of rotatable bonds is 2. The summed E-state index contributed by atoms with van der Waals surface area (Å²) in [7, 11) is 0. The van der Waals surface area contributed by atoms with E-state index in [0.29, 0.717) is 6.07 Å². The van der Waals surface area contributed by atoms with Crippen LogP contribution in [0.3, 0.4) is 0 Å². The Balaban J connectivity index is 2.27. The molecule has 1 heterocycles. The SMILES string of the molecule is Nc1cc(C(=O)Nc2cccnn2)c(F)cc1F. The first-order valence-electron chi connectivity index (χ1n) is 4.91. The van der Waals surface area contributed by atoms with E-state index in [1.54, 1.807) is 6.07 Å². The average Bonchev–Trinajstić information content (AvgIpc) is 2.35. The lowest BCUT2D eigenvalue weighted by atomic mass is 10.1. The molecule has 0 bridgehead atoms. The number of nitrogens with zero attached hydrogens (tertiary/aromatic N) is 2. The maximum atomic E-state index is 13.4. The number of benzene rings is 1. The summed E-state index contributed by atoms with van der Waals surface area (Å²) in [5.74, 6) is -2.53. The van der Waals surface area contributed by atoms with Gasteiger partial charge in [-0.15, -0.1) is 5.10 Å². The van der Waals surface area contributed by atoms with E-state index >= 15 is 0 Å². The third-order valence-corrected chi connectivity index (χ3v) is 2.14. The number of halogens is 2. The van der Waals surface area contributed by atoms with Crippen LogP contribution in [0.25, 0.3) is 0 Å². The van der Waals surface area contributed by atoms with E-state index < -0.39 is 17.5 Å². The van der Waals surface area contributed by atoms with Crippen molar-refractivity contribution in [1.29, 1.82) is 0 Å². The summed E-state index contributed by atoms with van der Waals surface area (Å²) in [5, 5.41) is 9.46. The molecule has 92 valence electrons. The van der Waals surface area contributed by atoms with Crippen molar-refractivity contribution in [2.45, 2.75) is 0 Å². The van der Waals surface area contributed by atoms with Crippen LogP contribution in [0.15, 0.2) is 30.5 Å². The Bertz CT molecular complexity index is 589. The fraction of sp³-hybridized carbons (Fsp3) is 0. The van der Waals surface area contributed by atoms with Gasteiger partial charge in [0.2, 0.25) is 0 Å². The van der Waals surface area contributed by atoms with Gasteiger partial charge in [0, 0.05) is 12.3 Å². The second kappa shape index (κ2) is 4.74. The van der Waals surface area contributed by atoms with Gasteiger partial charge in [0.25, 0.3) is 5.91 Å². The molecule has 0 fully saturated rings. The zero-order chi connectivity index (χ0) is 13.1. The molecule has 3 N–H and O–H groups in total. The molecular weight excluding hydrogens is 242 g/mol. The number of carbonyl (C=O) groups excluding carboxylic acids is 1. The highest BCUT2D eigenvalue weighted by atomic mass is 19.1. The molecule has 0 saturated heterocycles. The number of aromatic nitrogens is 2. The normalized spacial score (nSPS) is 10.1. The molecule has 0 unspecified atom stereocenters. The first-order valence-corrected chi connectivity index (χ1v) is 4.91. The number of anilines is 2. The number of nitrogens with two attached hydrogens (primary N) is 1. The van der Waals surface area contributed by atoms with E-state index in [4.69, 9.17) is 5.73 Å². The Morgan fingerprint density at radius 1 is 1.28 bits per heavy atom. The summed E-state index contributed by atoms with van der Waals surface area (Å²) in [6, 6.07) is 4.52. The second-order valence-corrected chi connectivity index (χ2v) is 3.42. The highest BCUT2D eigenvalue weighted by Crippen LogP contribution is 2.17. The molecule has 0 aliphatic heterocycles. The highest BCUT2D eigenvalue weighted by molar-refractivity contribution is 6.04. The molecule has 0 atom stereocenters. The molecule has 7 heteroatoms. The van der Waals surface area contributed by atoms with Crippen molar-refractivity contribution in [3.05, 3.63) is 47.7 Å². The van der Waals surface area contributed by atoms with Gasteiger partial charge in [0.15, 0.2) is 5.82 Å². The summed E-state index contributed by atoms with van der Waals surface area (Å²) in [6.45, 7) is 0. The molecule has 0 spiro atoms. The third-order valence-electron chi connectivity index (χ3n) is 2.14. The van der Waals surface area contributed by atoms with Crippen molar-refractivity contribution >= 4 is 17.4 Å². The van der Waals surface area contributed by atoms with Crippen LogP contribution in [0.4, 0.5) is 20.3 Å². The van der Waals surface area contributed by atoms with E-state index in [1.807, 2.05) is 0 Å². The molecule has 2 rings (SSSR count). The fourth-order valence-electron chi connectivity index (χ4n) is 1.29. The largest absolute Gasteiger partial charge is 0.396 e. The second-order valence-electron chi connectivity index (χ2n) is 3.42. The van der Waals surface area contributed by atoms with E-state index in [0.717, 1.165) is 6.07 Å². The molecule has 1 aromatic heterocycles. The van der Waals surface area contributed by atoms with Gasteiger partial charge in [0.05, 0.1) is 11.3 Å². The Morgan fingerprint density at radius 2 is 2.06 bits per heavy atom. The summed E-state index contributed by atoms with van der Waals surface area (Å²) in [4.78, 5) is 11.7. The molecule has 0 saturated carbocycles. The van der Waals surface area contributed by atoms with Crippen LogP contribution in [-0.4, -0.2) is 16.1 Å². The molecule has 0 aliphatic rings. The lowest BCUT2D eigenvalue weighted by Crippen LogP contribution is -2.15. The van der Waals surface area contributed by atoms with Crippen molar-refractivity contribution in [2.24, 2.45) is 0 Å². The molecule has 0 radical (unpaired) electrons. The zero-order valence-electron chi connectivity index (χ0n) is 9.02. The van der Waals surface area contributed by atoms with Gasteiger partial charge < -0.3 is 11.1 Å². The van der Waals surface area contributed by atoms with Crippen molar-refractivity contribution < 1.29 is 13.6 Å². The minimum atomic E-state index is -0.997. The molecule has 5 nitrogen and oxygen atoms in total. The van der Waals surface area contributed by atoms with Crippen molar-refractivity contribution in [2.75, 3.05) is 11.1 Å². The molecule has 1 amide bonds. The van der Waals surface area contributed by atoms with Crippen LogP contribution in [0, 0.1) is 11.6 Å². The fourth-order valence-corrected chi connectivity index (χ4v) is 1.29. The number of hydrogen-bond acceptors (Lipinski definition) is 4. The molecule has 0 aliphatic carbocycles. The number of nitrogen functional groups attached to an aromatic ring is 1. The van der Waals surface area contributed by atoms with Gasteiger partial charge in [-0.25, -0.2) is 8.78 Å². The van der Waals surface area contributed by atoms with E-state index in [-0.39, 0.29) is 17.1 Å².